The standard InChI is InChI=1S/C15H17N5/c1-9-12(16)5-7-15(17-9)19-11-4-6-14-13(8-11)18-10(2)20(14)3/h4-8H,16H2,1-3H3,(H,17,19). The van der Waals surface area contributed by atoms with E-state index >= 15 is 0 Å². The van der Waals surface area contributed by atoms with Crippen LogP contribution in [0.2, 0.25) is 0 Å². The van der Waals surface area contributed by atoms with Crippen molar-refractivity contribution in [3.05, 3.63) is 41.9 Å². The Morgan fingerprint density at radius 3 is 2.65 bits per heavy atom. The van der Waals surface area contributed by atoms with Gasteiger partial charge in [0, 0.05) is 12.7 Å². The molecule has 0 saturated heterocycles. The quantitative estimate of drug-likeness (QED) is 0.749. The average Bonchev–Trinajstić information content (AvgIpc) is 2.69. The molecule has 0 saturated carbocycles. The molecule has 3 aromatic rings. The molecule has 2 aromatic heterocycles. The molecule has 0 aliphatic heterocycles. The number of anilines is 3. The summed E-state index contributed by atoms with van der Waals surface area (Å²) in [4.78, 5) is 8.94. The van der Waals surface area contributed by atoms with Crippen LogP contribution in [-0.4, -0.2) is 14.5 Å². The Bertz CT molecular complexity index is 788. The van der Waals surface area contributed by atoms with Gasteiger partial charge in [-0.25, -0.2) is 9.97 Å². The molecule has 0 spiro atoms. The summed E-state index contributed by atoms with van der Waals surface area (Å²) in [7, 11) is 2.02. The molecule has 0 aliphatic carbocycles. The Morgan fingerprint density at radius 1 is 1.10 bits per heavy atom. The molecule has 20 heavy (non-hydrogen) atoms. The number of pyridine rings is 1. The van der Waals surface area contributed by atoms with E-state index in [1.165, 1.54) is 0 Å². The van der Waals surface area contributed by atoms with Crippen LogP contribution >= 0.6 is 0 Å². The first-order chi connectivity index (χ1) is 9.54. The third kappa shape index (κ3) is 2.07. The summed E-state index contributed by atoms with van der Waals surface area (Å²) in [6.07, 6.45) is 0. The van der Waals surface area contributed by atoms with Crippen molar-refractivity contribution in [3.63, 3.8) is 0 Å². The number of nitrogens with zero attached hydrogens (tertiary/aromatic N) is 3. The second-order valence-electron chi connectivity index (χ2n) is 4.92. The number of fused-ring (bicyclic) bond motifs is 1. The zero-order valence-corrected chi connectivity index (χ0v) is 11.8. The van der Waals surface area contributed by atoms with Gasteiger partial charge in [-0.3, -0.25) is 0 Å². The molecule has 3 rings (SSSR count). The number of rotatable bonds is 2. The zero-order chi connectivity index (χ0) is 14.3. The van der Waals surface area contributed by atoms with Gasteiger partial charge in [0.1, 0.15) is 11.6 Å². The molecule has 0 atom stereocenters. The van der Waals surface area contributed by atoms with E-state index < -0.39 is 0 Å². The normalized spacial score (nSPS) is 10.9. The highest BCUT2D eigenvalue weighted by Crippen LogP contribution is 2.22. The minimum absolute atomic E-state index is 0.700. The third-order valence-electron chi connectivity index (χ3n) is 3.50. The van der Waals surface area contributed by atoms with E-state index in [0.717, 1.165) is 34.1 Å². The maximum Gasteiger partial charge on any atom is 0.130 e. The van der Waals surface area contributed by atoms with Gasteiger partial charge in [0.2, 0.25) is 0 Å². The molecule has 0 radical (unpaired) electrons. The number of benzene rings is 1. The van der Waals surface area contributed by atoms with Gasteiger partial charge in [-0.15, -0.1) is 0 Å². The van der Waals surface area contributed by atoms with Crippen molar-refractivity contribution in [2.24, 2.45) is 7.05 Å². The van der Waals surface area contributed by atoms with E-state index in [1.54, 1.807) is 0 Å². The highest BCUT2D eigenvalue weighted by molar-refractivity contribution is 5.81. The maximum absolute atomic E-state index is 5.77. The Labute approximate surface area is 117 Å². The minimum atomic E-state index is 0.700. The fourth-order valence-electron chi connectivity index (χ4n) is 2.19. The molecular formula is C15H17N5. The van der Waals surface area contributed by atoms with Crippen LogP contribution in [0.3, 0.4) is 0 Å². The molecule has 5 heteroatoms. The number of imidazole rings is 1. The smallest absolute Gasteiger partial charge is 0.130 e. The van der Waals surface area contributed by atoms with Crippen molar-refractivity contribution in [2.45, 2.75) is 13.8 Å². The lowest BCUT2D eigenvalue weighted by Crippen LogP contribution is -1.98. The number of nitrogen functional groups attached to an aromatic ring is 1. The Balaban J connectivity index is 1.96. The summed E-state index contributed by atoms with van der Waals surface area (Å²) in [5.74, 6) is 1.78. The lowest BCUT2D eigenvalue weighted by atomic mass is 10.2. The number of aromatic nitrogens is 3. The molecular weight excluding hydrogens is 250 g/mol. The van der Waals surface area contributed by atoms with Gasteiger partial charge < -0.3 is 15.6 Å². The van der Waals surface area contributed by atoms with Gasteiger partial charge in [0.05, 0.1) is 22.4 Å². The summed E-state index contributed by atoms with van der Waals surface area (Å²) in [5, 5.41) is 3.28. The van der Waals surface area contributed by atoms with Crippen LogP contribution in [0.5, 0.6) is 0 Å². The van der Waals surface area contributed by atoms with Crippen molar-refractivity contribution in [2.75, 3.05) is 11.1 Å². The maximum atomic E-state index is 5.77. The summed E-state index contributed by atoms with van der Waals surface area (Å²) >= 11 is 0. The Morgan fingerprint density at radius 2 is 1.90 bits per heavy atom. The number of hydrogen-bond acceptors (Lipinski definition) is 4. The number of nitrogens with two attached hydrogens (primary N) is 1. The van der Waals surface area contributed by atoms with E-state index in [0.29, 0.717) is 5.69 Å². The minimum Gasteiger partial charge on any atom is -0.397 e. The summed E-state index contributed by atoms with van der Waals surface area (Å²) in [6, 6.07) is 9.83. The topological polar surface area (TPSA) is 68.8 Å². The van der Waals surface area contributed by atoms with Crippen molar-refractivity contribution >= 4 is 28.2 Å². The lowest BCUT2D eigenvalue weighted by molar-refractivity contribution is 0.886. The Kier molecular flexibility index (Phi) is 2.82. The van der Waals surface area contributed by atoms with Crippen LogP contribution in [0.15, 0.2) is 30.3 Å². The van der Waals surface area contributed by atoms with Crippen LogP contribution in [0.4, 0.5) is 17.2 Å². The van der Waals surface area contributed by atoms with Gasteiger partial charge in [-0.1, -0.05) is 0 Å². The van der Waals surface area contributed by atoms with Crippen molar-refractivity contribution in [1.82, 2.24) is 14.5 Å². The molecule has 102 valence electrons. The molecule has 0 fully saturated rings. The highest BCUT2D eigenvalue weighted by atomic mass is 15.1. The zero-order valence-electron chi connectivity index (χ0n) is 11.8. The van der Waals surface area contributed by atoms with Crippen molar-refractivity contribution < 1.29 is 0 Å². The molecule has 0 aliphatic rings. The molecule has 1 aromatic carbocycles. The Hall–Kier alpha value is -2.56. The number of aryl methyl sites for hydroxylation is 3. The average molecular weight is 267 g/mol. The monoisotopic (exact) mass is 267 g/mol. The van der Waals surface area contributed by atoms with E-state index in [2.05, 4.69) is 25.9 Å². The third-order valence-corrected chi connectivity index (χ3v) is 3.50. The molecule has 0 bridgehead atoms. The lowest BCUT2D eigenvalue weighted by Gasteiger charge is -2.07. The molecule has 5 nitrogen and oxygen atoms in total. The van der Waals surface area contributed by atoms with E-state index in [4.69, 9.17) is 5.73 Å². The van der Waals surface area contributed by atoms with Crippen molar-refractivity contribution in [3.8, 4) is 0 Å². The molecule has 2 heterocycles. The fraction of sp³-hybridized carbons (Fsp3) is 0.200. The second kappa shape index (κ2) is 4.52. The summed E-state index contributed by atoms with van der Waals surface area (Å²) in [6.45, 7) is 3.89. The highest BCUT2D eigenvalue weighted by Gasteiger charge is 2.05. The van der Waals surface area contributed by atoms with Gasteiger partial charge in [0.15, 0.2) is 0 Å². The molecule has 3 N–H and O–H groups in total. The SMILES string of the molecule is Cc1nc(Nc2ccc3c(c2)nc(C)n3C)ccc1N. The molecule has 0 amide bonds. The predicted molar refractivity (Wildman–Crippen MR) is 82.1 cm³/mol. The van der Waals surface area contributed by atoms with Crippen LogP contribution < -0.4 is 11.1 Å². The largest absolute Gasteiger partial charge is 0.397 e. The van der Waals surface area contributed by atoms with Crippen LogP contribution in [0, 0.1) is 13.8 Å². The first-order valence-corrected chi connectivity index (χ1v) is 6.48. The first kappa shape index (κ1) is 12.5. The number of nitrogens with one attached hydrogen (secondary N) is 1. The van der Waals surface area contributed by atoms with Crippen molar-refractivity contribution in [1.29, 1.82) is 0 Å². The molecule has 0 unspecified atom stereocenters. The van der Waals surface area contributed by atoms with Crippen LogP contribution in [0.25, 0.3) is 11.0 Å². The first-order valence-electron chi connectivity index (χ1n) is 6.48. The van der Waals surface area contributed by atoms with Gasteiger partial charge in [0.25, 0.3) is 0 Å². The van der Waals surface area contributed by atoms with Gasteiger partial charge in [-0.2, -0.15) is 0 Å². The predicted octanol–water partition coefficient (Wildman–Crippen LogP) is 2.91. The van der Waals surface area contributed by atoms with E-state index in [-0.39, 0.29) is 0 Å². The van der Waals surface area contributed by atoms with Gasteiger partial charge in [-0.05, 0) is 44.2 Å². The van der Waals surface area contributed by atoms with Crippen LogP contribution in [0.1, 0.15) is 11.5 Å². The van der Waals surface area contributed by atoms with Gasteiger partial charge >= 0.3 is 0 Å². The van der Waals surface area contributed by atoms with Crippen LogP contribution in [-0.2, 0) is 7.05 Å². The van der Waals surface area contributed by atoms with E-state index in [1.807, 2.05) is 45.2 Å². The summed E-state index contributed by atoms with van der Waals surface area (Å²) in [5.41, 5.74) is 10.4. The second-order valence-corrected chi connectivity index (χ2v) is 4.92. The number of hydrogen-bond donors (Lipinski definition) is 2. The van der Waals surface area contributed by atoms with E-state index in [9.17, 15) is 0 Å². The fourth-order valence-corrected chi connectivity index (χ4v) is 2.19. The summed E-state index contributed by atoms with van der Waals surface area (Å²) < 4.78 is 2.07.